The summed E-state index contributed by atoms with van der Waals surface area (Å²) in [6.45, 7) is 1.49. The van der Waals surface area contributed by atoms with Crippen LogP contribution in [0.2, 0.25) is 0 Å². The Kier molecular flexibility index (Phi) is 3.54. The molecule has 0 unspecified atom stereocenters. The van der Waals surface area contributed by atoms with Crippen LogP contribution in [0.3, 0.4) is 0 Å². The van der Waals surface area contributed by atoms with Gasteiger partial charge in [-0.15, -0.1) is 0 Å². The van der Waals surface area contributed by atoms with Gasteiger partial charge in [-0.3, -0.25) is 9.78 Å². The number of hydrogen-bond donors (Lipinski definition) is 1. The Hall–Kier alpha value is -1.68. The molecule has 1 aromatic heterocycles. The number of nitrogens with zero attached hydrogens (tertiary/aromatic N) is 1. The molecule has 0 bridgehead atoms. The molecule has 0 spiro atoms. The average molecular weight is 291 g/mol. The maximum absolute atomic E-state index is 10.9. The monoisotopic (exact) mass is 290 g/mol. The fourth-order valence-corrected chi connectivity index (χ4v) is 1.88. The summed E-state index contributed by atoms with van der Waals surface area (Å²) in [7, 11) is 0. The normalized spacial score (nSPS) is 10.0. The molecule has 0 aliphatic rings. The Morgan fingerprint density at radius 3 is 2.47 bits per heavy atom. The van der Waals surface area contributed by atoms with Crippen LogP contribution in [0.25, 0.3) is 11.1 Å². The van der Waals surface area contributed by atoms with Crippen LogP contribution in [-0.2, 0) is 4.79 Å². The van der Waals surface area contributed by atoms with E-state index in [1.807, 2.05) is 30.3 Å². The smallest absolute Gasteiger partial charge is 0.221 e. The first-order valence-corrected chi connectivity index (χ1v) is 5.93. The molecule has 0 aliphatic carbocycles. The van der Waals surface area contributed by atoms with Crippen LogP contribution in [0.4, 0.5) is 5.69 Å². The van der Waals surface area contributed by atoms with Gasteiger partial charge in [0.2, 0.25) is 5.91 Å². The van der Waals surface area contributed by atoms with Gasteiger partial charge < -0.3 is 5.32 Å². The van der Waals surface area contributed by atoms with E-state index in [2.05, 4.69) is 26.2 Å². The second-order valence-corrected chi connectivity index (χ2v) is 4.57. The third-order valence-electron chi connectivity index (χ3n) is 2.24. The summed E-state index contributed by atoms with van der Waals surface area (Å²) >= 11 is 3.39. The molecular formula is C13H11BrN2O. The molecule has 0 fully saturated rings. The Labute approximate surface area is 108 Å². The Bertz CT molecular complexity index is 537. The van der Waals surface area contributed by atoms with E-state index in [-0.39, 0.29) is 5.91 Å². The number of nitrogens with one attached hydrogen (secondary N) is 1. The summed E-state index contributed by atoms with van der Waals surface area (Å²) < 4.78 is 0.945. The Balaban J connectivity index is 2.26. The van der Waals surface area contributed by atoms with Crippen molar-refractivity contribution in [1.82, 2.24) is 4.98 Å². The fourth-order valence-electron chi connectivity index (χ4n) is 1.52. The number of hydrogen-bond acceptors (Lipinski definition) is 2. The first-order valence-electron chi connectivity index (χ1n) is 5.14. The topological polar surface area (TPSA) is 42.0 Å². The lowest BCUT2D eigenvalue weighted by Gasteiger charge is -2.04. The van der Waals surface area contributed by atoms with Gasteiger partial charge in [0.1, 0.15) is 0 Å². The predicted molar refractivity (Wildman–Crippen MR) is 71.7 cm³/mol. The van der Waals surface area contributed by atoms with Crippen LogP contribution in [0.15, 0.2) is 47.2 Å². The average Bonchev–Trinajstić information content (AvgIpc) is 2.29. The van der Waals surface area contributed by atoms with E-state index < -0.39 is 0 Å². The minimum absolute atomic E-state index is 0.0677. The van der Waals surface area contributed by atoms with Crippen molar-refractivity contribution in [3.05, 3.63) is 47.2 Å². The minimum atomic E-state index is -0.0677. The highest BCUT2D eigenvalue weighted by molar-refractivity contribution is 9.10. The molecule has 0 aliphatic heterocycles. The predicted octanol–water partition coefficient (Wildman–Crippen LogP) is 3.47. The third-order valence-corrected chi connectivity index (χ3v) is 2.68. The summed E-state index contributed by atoms with van der Waals surface area (Å²) in [6.07, 6.45) is 3.55. The van der Waals surface area contributed by atoms with Crippen molar-refractivity contribution in [2.24, 2.45) is 0 Å². The number of pyridine rings is 1. The van der Waals surface area contributed by atoms with Crippen molar-refractivity contribution in [3.63, 3.8) is 0 Å². The van der Waals surface area contributed by atoms with Crippen molar-refractivity contribution >= 4 is 27.5 Å². The van der Waals surface area contributed by atoms with Gasteiger partial charge >= 0.3 is 0 Å². The van der Waals surface area contributed by atoms with Gasteiger partial charge in [0.25, 0.3) is 0 Å². The Morgan fingerprint density at radius 1 is 1.18 bits per heavy atom. The van der Waals surface area contributed by atoms with Crippen molar-refractivity contribution < 1.29 is 4.79 Å². The molecule has 4 heteroatoms. The third kappa shape index (κ3) is 3.14. The van der Waals surface area contributed by atoms with Gasteiger partial charge in [-0.05, 0) is 39.7 Å². The quantitative estimate of drug-likeness (QED) is 0.920. The van der Waals surface area contributed by atoms with Gasteiger partial charge in [-0.2, -0.15) is 0 Å². The molecule has 0 atom stereocenters. The summed E-state index contributed by atoms with van der Waals surface area (Å²) in [5.41, 5.74) is 2.89. The second-order valence-electron chi connectivity index (χ2n) is 3.65. The van der Waals surface area contributed by atoms with E-state index in [4.69, 9.17) is 0 Å². The summed E-state index contributed by atoms with van der Waals surface area (Å²) in [6, 6.07) is 9.65. The molecule has 2 rings (SSSR count). The lowest BCUT2D eigenvalue weighted by atomic mass is 10.1. The molecule has 1 N–H and O–H groups in total. The van der Waals surface area contributed by atoms with E-state index in [0.29, 0.717) is 0 Å². The standard InChI is InChI=1S/C13H11BrN2O/c1-9(17)16-13-4-2-10(3-5-13)11-6-12(14)8-15-7-11/h2-8H,1H3,(H,16,17). The van der Waals surface area contributed by atoms with Crippen LogP contribution in [-0.4, -0.2) is 10.9 Å². The minimum Gasteiger partial charge on any atom is -0.326 e. The number of benzene rings is 1. The largest absolute Gasteiger partial charge is 0.326 e. The van der Waals surface area contributed by atoms with E-state index >= 15 is 0 Å². The number of rotatable bonds is 2. The fraction of sp³-hybridized carbons (Fsp3) is 0.0769. The molecule has 3 nitrogen and oxygen atoms in total. The highest BCUT2D eigenvalue weighted by atomic mass is 79.9. The molecular weight excluding hydrogens is 280 g/mol. The molecule has 0 saturated carbocycles. The maximum atomic E-state index is 10.9. The van der Waals surface area contributed by atoms with E-state index in [9.17, 15) is 4.79 Å². The molecule has 1 amide bonds. The maximum Gasteiger partial charge on any atom is 0.221 e. The molecule has 2 aromatic rings. The van der Waals surface area contributed by atoms with E-state index in [1.165, 1.54) is 6.92 Å². The Morgan fingerprint density at radius 2 is 1.88 bits per heavy atom. The van der Waals surface area contributed by atoms with Gasteiger partial charge in [0.05, 0.1) is 0 Å². The summed E-state index contributed by atoms with van der Waals surface area (Å²) in [5, 5.41) is 2.73. The van der Waals surface area contributed by atoms with Crippen LogP contribution >= 0.6 is 15.9 Å². The molecule has 86 valence electrons. The van der Waals surface area contributed by atoms with Crippen molar-refractivity contribution in [2.75, 3.05) is 5.32 Å². The molecule has 1 heterocycles. The highest BCUT2D eigenvalue weighted by Gasteiger charge is 2.00. The van der Waals surface area contributed by atoms with Crippen molar-refractivity contribution in [3.8, 4) is 11.1 Å². The zero-order valence-corrected chi connectivity index (χ0v) is 10.9. The van der Waals surface area contributed by atoms with Crippen LogP contribution in [0, 0.1) is 0 Å². The van der Waals surface area contributed by atoms with Crippen LogP contribution in [0.5, 0.6) is 0 Å². The molecule has 17 heavy (non-hydrogen) atoms. The van der Waals surface area contributed by atoms with Crippen molar-refractivity contribution in [2.45, 2.75) is 6.92 Å². The van der Waals surface area contributed by atoms with Gasteiger partial charge in [0, 0.05) is 35.0 Å². The van der Waals surface area contributed by atoms with Crippen LogP contribution < -0.4 is 5.32 Å². The lowest BCUT2D eigenvalue weighted by Crippen LogP contribution is -2.05. The first kappa shape index (κ1) is 11.8. The summed E-state index contributed by atoms with van der Waals surface area (Å²) in [4.78, 5) is 15.0. The zero-order valence-electron chi connectivity index (χ0n) is 9.27. The van der Waals surface area contributed by atoms with E-state index in [0.717, 1.165) is 21.3 Å². The number of anilines is 1. The molecule has 0 radical (unpaired) electrons. The number of carbonyl (C=O) groups excluding carboxylic acids is 1. The first-order chi connectivity index (χ1) is 8.15. The summed E-state index contributed by atoms with van der Waals surface area (Å²) in [5.74, 6) is -0.0677. The zero-order chi connectivity index (χ0) is 12.3. The van der Waals surface area contributed by atoms with Crippen molar-refractivity contribution in [1.29, 1.82) is 0 Å². The van der Waals surface area contributed by atoms with Gasteiger partial charge in [-0.25, -0.2) is 0 Å². The van der Waals surface area contributed by atoms with Gasteiger partial charge in [0.15, 0.2) is 0 Å². The number of halogens is 1. The van der Waals surface area contributed by atoms with Crippen LogP contribution in [0.1, 0.15) is 6.92 Å². The van der Waals surface area contributed by atoms with Gasteiger partial charge in [-0.1, -0.05) is 12.1 Å². The SMILES string of the molecule is CC(=O)Nc1ccc(-c2cncc(Br)c2)cc1. The second kappa shape index (κ2) is 5.10. The number of aromatic nitrogens is 1. The molecule has 1 aromatic carbocycles. The molecule has 0 saturated heterocycles. The number of carbonyl (C=O) groups is 1. The lowest BCUT2D eigenvalue weighted by molar-refractivity contribution is -0.114. The van der Waals surface area contributed by atoms with E-state index in [1.54, 1.807) is 12.4 Å². The number of amides is 1. The highest BCUT2D eigenvalue weighted by Crippen LogP contribution is 2.23.